The molecule has 11 heavy (non-hydrogen) atoms. The molecule has 1 rings (SSSR count). The van der Waals surface area contributed by atoms with Crippen LogP contribution in [0.3, 0.4) is 0 Å². The van der Waals surface area contributed by atoms with Gasteiger partial charge >= 0.3 is 37.7 Å². The standard InChI is InChI=1S/C4H3BrClNOS.Ca.ClH.2H/c1-7-4(8)2(5)3(6)9-7;;;;/h1H3;;1H;;/q;+2;;2*-1. The van der Waals surface area contributed by atoms with Gasteiger partial charge in [0.2, 0.25) is 0 Å². The topological polar surface area (TPSA) is 22.0 Å². The maximum Gasteiger partial charge on any atom is 2.00 e. The molecular weight excluding hydrogens is 301 g/mol. The first-order valence-electron chi connectivity index (χ1n) is 2.14. The fraction of sp³-hybridized carbons (Fsp3) is 0.250. The molecule has 0 aromatic carbocycles. The van der Waals surface area contributed by atoms with Gasteiger partial charge in [0.05, 0.1) is 0 Å². The Morgan fingerprint density at radius 3 is 2.27 bits per heavy atom. The van der Waals surface area contributed by atoms with Crippen LogP contribution in [0.5, 0.6) is 0 Å². The van der Waals surface area contributed by atoms with Crippen molar-refractivity contribution in [3.63, 3.8) is 0 Å². The minimum atomic E-state index is -0.0787. The van der Waals surface area contributed by atoms with E-state index >= 15 is 0 Å². The molecule has 62 valence electrons. The van der Waals surface area contributed by atoms with Gasteiger partial charge in [-0.2, -0.15) is 0 Å². The summed E-state index contributed by atoms with van der Waals surface area (Å²) in [5.41, 5.74) is -0.0787. The second kappa shape index (κ2) is 6.24. The molecular formula is C4H6BrCaCl2NOS. The second-order valence-electron chi connectivity index (χ2n) is 1.48. The van der Waals surface area contributed by atoms with E-state index in [-0.39, 0.29) is 58.6 Å². The van der Waals surface area contributed by atoms with Gasteiger partial charge in [-0.15, -0.1) is 12.4 Å². The first kappa shape index (κ1) is 15.2. The molecule has 0 saturated carbocycles. The van der Waals surface area contributed by atoms with E-state index in [1.165, 1.54) is 15.5 Å². The van der Waals surface area contributed by atoms with E-state index in [0.29, 0.717) is 8.81 Å². The van der Waals surface area contributed by atoms with Crippen molar-refractivity contribution >= 4 is 89.2 Å². The summed E-state index contributed by atoms with van der Waals surface area (Å²) < 4.78 is 2.42. The molecule has 1 aromatic rings. The fourth-order valence-electron chi connectivity index (χ4n) is 0.424. The van der Waals surface area contributed by atoms with E-state index in [1.807, 2.05) is 0 Å². The summed E-state index contributed by atoms with van der Waals surface area (Å²) in [6, 6.07) is 0. The molecule has 0 N–H and O–H groups in total. The third-order valence-corrected chi connectivity index (χ3v) is 3.29. The quantitative estimate of drug-likeness (QED) is 0.673. The maximum atomic E-state index is 10.8. The molecule has 0 aliphatic rings. The van der Waals surface area contributed by atoms with Gasteiger partial charge in [-0.25, -0.2) is 0 Å². The number of rotatable bonds is 0. The SMILES string of the molecule is Cl.Cn1sc(Cl)c(Br)c1=O.[Ca+2].[H-].[H-]. The molecule has 2 nitrogen and oxygen atoms in total. The van der Waals surface area contributed by atoms with Gasteiger partial charge in [-0.3, -0.25) is 8.75 Å². The molecule has 0 radical (unpaired) electrons. The fourth-order valence-corrected chi connectivity index (χ4v) is 2.00. The molecule has 0 fully saturated rings. The van der Waals surface area contributed by atoms with E-state index in [0.717, 1.165) is 0 Å². The Labute approximate surface area is 121 Å². The zero-order valence-corrected chi connectivity index (χ0v) is 11.8. The first-order chi connectivity index (χ1) is 4.13. The number of aryl methyl sites for hydroxylation is 1. The van der Waals surface area contributed by atoms with Crippen LogP contribution in [0.15, 0.2) is 9.27 Å². The zero-order valence-electron chi connectivity index (χ0n) is 7.63. The normalized spacial score (nSPS) is 8.27. The predicted octanol–water partition coefficient (Wildman–Crippen LogP) is 2.13. The van der Waals surface area contributed by atoms with Crippen molar-refractivity contribution in [1.82, 2.24) is 3.96 Å². The largest absolute Gasteiger partial charge is 2.00 e. The van der Waals surface area contributed by atoms with Crippen LogP contribution in [0, 0.1) is 0 Å². The Morgan fingerprint density at radius 1 is 1.73 bits per heavy atom. The van der Waals surface area contributed by atoms with Crippen LogP contribution >= 0.6 is 51.5 Å². The van der Waals surface area contributed by atoms with E-state index in [2.05, 4.69) is 15.9 Å². The van der Waals surface area contributed by atoms with Crippen molar-refractivity contribution in [2.75, 3.05) is 0 Å². The van der Waals surface area contributed by atoms with Gasteiger partial charge in [-0.05, 0) is 27.5 Å². The average molecular weight is 307 g/mol. The second-order valence-corrected chi connectivity index (χ2v) is 4.02. The van der Waals surface area contributed by atoms with E-state index < -0.39 is 0 Å². The van der Waals surface area contributed by atoms with Crippen molar-refractivity contribution in [3.05, 3.63) is 19.2 Å². The number of halogens is 3. The van der Waals surface area contributed by atoms with Crippen LogP contribution < -0.4 is 5.56 Å². The molecule has 0 bridgehead atoms. The Morgan fingerprint density at radius 2 is 2.18 bits per heavy atom. The van der Waals surface area contributed by atoms with Crippen LogP contribution in [0.1, 0.15) is 2.85 Å². The summed E-state index contributed by atoms with van der Waals surface area (Å²) in [7, 11) is 1.67. The Balaban J connectivity index is -0.000000101. The molecule has 0 unspecified atom stereocenters. The van der Waals surface area contributed by atoms with Crippen LogP contribution in [0.2, 0.25) is 4.34 Å². The summed E-state index contributed by atoms with van der Waals surface area (Å²) in [5, 5.41) is 0. The summed E-state index contributed by atoms with van der Waals surface area (Å²) in [6.07, 6.45) is 0. The molecule has 7 heteroatoms. The van der Waals surface area contributed by atoms with Crippen LogP contribution in [-0.2, 0) is 7.05 Å². The summed E-state index contributed by atoms with van der Waals surface area (Å²) >= 11 is 9.85. The van der Waals surface area contributed by atoms with Gasteiger partial charge in [0.1, 0.15) is 8.81 Å². The van der Waals surface area contributed by atoms with Crippen LogP contribution in [0.4, 0.5) is 0 Å². The molecule has 0 aliphatic heterocycles. The Bertz CT molecular complexity index is 294. The van der Waals surface area contributed by atoms with E-state index in [9.17, 15) is 4.79 Å². The van der Waals surface area contributed by atoms with Gasteiger partial charge in [0, 0.05) is 7.05 Å². The molecule has 0 aliphatic carbocycles. The first-order valence-corrected chi connectivity index (χ1v) is 4.08. The summed E-state index contributed by atoms with van der Waals surface area (Å²) in [6.45, 7) is 0. The van der Waals surface area contributed by atoms with Crippen molar-refractivity contribution in [3.8, 4) is 0 Å². The third kappa shape index (κ3) is 3.55. The summed E-state index contributed by atoms with van der Waals surface area (Å²) in [5.74, 6) is 0. The maximum absolute atomic E-state index is 10.8. The van der Waals surface area contributed by atoms with Gasteiger partial charge in [0.25, 0.3) is 5.56 Å². The monoisotopic (exact) mass is 305 g/mol. The van der Waals surface area contributed by atoms with E-state index in [1.54, 1.807) is 7.05 Å². The zero-order chi connectivity index (χ0) is 7.02. The molecule has 0 atom stereocenters. The van der Waals surface area contributed by atoms with Crippen molar-refractivity contribution in [2.45, 2.75) is 0 Å². The smallest absolute Gasteiger partial charge is 1.00 e. The number of aromatic nitrogens is 1. The molecule has 1 heterocycles. The Kier molecular flexibility index (Phi) is 8.64. The minimum Gasteiger partial charge on any atom is -1.00 e. The Hall–Kier alpha value is 1.75. The third-order valence-electron chi connectivity index (χ3n) is 0.863. The predicted molar refractivity (Wildman–Crippen MR) is 57.5 cm³/mol. The van der Waals surface area contributed by atoms with Gasteiger partial charge < -0.3 is 2.85 Å². The van der Waals surface area contributed by atoms with Gasteiger partial charge in [0.15, 0.2) is 0 Å². The van der Waals surface area contributed by atoms with Crippen LogP contribution in [-0.4, -0.2) is 41.7 Å². The average Bonchev–Trinajstić information content (AvgIpc) is 1.98. The molecule has 0 spiro atoms. The van der Waals surface area contributed by atoms with Crippen molar-refractivity contribution < 1.29 is 2.85 Å². The van der Waals surface area contributed by atoms with Crippen LogP contribution in [0.25, 0.3) is 0 Å². The number of hydrogen-bond donors (Lipinski definition) is 0. The van der Waals surface area contributed by atoms with Crippen molar-refractivity contribution in [2.24, 2.45) is 7.05 Å². The molecule has 0 amide bonds. The summed E-state index contributed by atoms with van der Waals surface area (Å²) in [4.78, 5) is 10.8. The minimum absolute atomic E-state index is 0. The number of hydrogen-bond acceptors (Lipinski definition) is 2. The number of nitrogens with zero attached hydrogens (tertiary/aromatic N) is 1. The van der Waals surface area contributed by atoms with Crippen molar-refractivity contribution in [1.29, 1.82) is 0 Å². The molecule has 0 saturated heterocycles. The van der Waals surface area contributed by atoms with Gasteiger partial charge in [-0.1, -0.05) is 11.6 Å². The molecule has 1 aromatic heterocycles. The van der Waals surface area contributed by atoms with E-state index in [4.69, 9.17) is 11.6 Å².